The number of rotatable bonds is 4. The number of hydrogen-bond acceptors (Lipinski definition) is 4. The Morgan fingerprint density at radius 3 is 2.81 bits per heavy atom. The van der Waals surface area contributed by atoms with Crippen LogP contribution in [0.2, 0.25) is 0 Å². The van der Waals surface area contributed by atoms with Crippen molar-refractivity contribution in [2.45, 2.75) is 33.4 Å². The molecule has 0 spiro atoms. The van der Waals surface area contributed by atoms with Crippen molar-refractivity contribution in [3.63, 3.8) is 0 Å². The highest BCUT2D eigenvalue weighted by Crippen LogP contribution is 2.16. The lowest BCUT2D eigenvalue weighted by molar-refractivity contribution is 0.415. The zero-order valence-corrected chi connectivity index (χ0v) is 10.6. The maximum Gasteiger partial charge on any atom is 0.120 e. The Bertz CT molecular complexity index is 461. The van der Waals surface area contributed by atoms with Gasteiger partial charge in [0.1, 0.15) is 16.5 Å². The molecule has 3 nitrogen and oxygen atoms in total. The summed E-state index contributed by atoms with van der Waals surface area (Å²) in [6.07, 6.45) is 0. The third-order valence-corrected chi connectivity index (χ3v) is 3.38. The molecule has 0 amide bonds. The number of nitrogens with one attached hydrogen (secondary N) is 1. The van der Waals surface area contributed by atoms with Crippen molar-refractivity contribution in [2.75, 3.05) is 0 Å². The van der Waals surface area contributed by atoms with Crippen LogP contribution in [0.3, 0.4) is 0 Å². The summed E-state index contributed by atoms with van der Waals surface area (Å²) in [5.74, 6) is 1.93. The molecule has 1 unspecified atom stereocenters. The van der Waals surface area contributed by atoms with Gasteiger partial charge in [-0.05, 0) is 32.9 Å². The van der Waals surface area contributed by atoms with Crippen molar-refractivity contribution >= 4 is 11.3 Å². The number of thiazole rings is 1. The molecule has 0 saturated carbocycles. The van der Waals surface area contributed by atoms with E-state index in [1.54, 1.807) is 11.3 Å². The minimum Gasteiger partial charge on any atom is -0.465 e. The highest BCUT2D eigenvalue weighted by molar-refractivity contribution is 7.09. The number of aromatic nitrogens is 1. The number of aryl methyl sites for hydroxylation is 2. The zero-order valence-electron chi connectivity index (χ0n) is 9.78. The molecule has 0 aliphatic carbocycles. The van der Waals surface area contributed by atoms with Gasteiger partial charge in [-0.3, -0.25) is 0 Å². The first-order chi connectivity index (χ1) is 7.65. The number of hydrogen-bond donors (Lipinski definition) is 1. The smallest absolute Gasteiger partial charge is 0.120 e. The van der Waals surface area contributed by atoms with Gasteiger partial charge in [0, 0.05) is 17.6 Å². The summed E-state index contributed by atoms with van der Waals surface area (Å²) in [6, 6.07) is 4.22. The molecule has 1 N–H and O–H groups in total. The molecule has 2 heterocycles. The first-order valence-electron chi connectivity index (χ1n) is 5.36. The molecular weight excluding hydrogens is 220 g/mol. The first kappa shape index (κ1) is 11.4. The molecule has 0 aromatic carbocycles. The third-order valence-electron chi connectivity index (χ3n) is 2.41. The Balaban J connectivity index is 1.91. The molecule has 4 heteroatoms. The van der Waals surface area contributed by atoms with Crippen LogP contribution in [-0.4, -0.2) is 4.98 Å². The van der Waals surface area contributed by atoms with Crippen molar-refractivity contribution in [3.8, 4) is 0 Å². The summed E-state index contributed by atoms with van der Waals surface area (Å²) in [5.41, 5.74) is 1.09. The van der Waals surface area contributed by atoms with Crippen LogP contribution in [0.1, 0.15) is 35.2 Å². The highest BCUT2D eigenvalue weighted by atomic mass is 32.1. The van der Waals surface area contributed by atoms with Crippen molar-refractivity contribution in [3.05, 3.63) is 39.7 Å². The SMILES string of the molecule is Cc1csc(CNC(C)c2ccc(C)o2)n1. The van der Waals surface area contributed by atoms with E-state index in [0.29, 0.717) is 0 Å². The predicted octanol–water partition coefficient (Wildman–Crippen LogP) is 3.20. The van der Waals surface area contributed by atoms with E-state index in [2.05, 4.69) is 22.6 Å². The Hall–Kier alpha value is -1.13. The normalized spacial score (nSPS) is 12.9. The molecule has 0 radical (unpaired) electrons. The van der Waals surface area contributed by atoms with Crippen LogP contribution in [0.5, 0.6) is 0 Å². The van der Waals surface area contributed by atoms with E-state index in [1.807, 2.05) is 26.0 Å². The lowest BCUT2D eigenvalue weighted by Crippen LogP contribution is -2.17. The fourth-order valence-corrected chi connectivity index (χ4v) is 2.23. The predicted molar refractivity (Wildman–Crippen MR) is 65.6 cm³/mol. The summed E-state index contributed by atoms with van der Waals surface area (Å²) >= 11 is 1.69. The maximum absolute atomic E-state index is 5.56. The summed E-state index contributed by atoms with van der Waals surface area (Å²) in [7, 11) is 0. The van der Waals surface area contributed by atoms with Crippen LogP contribution in [0.25, 0.3) is 0 Å². The molecule has 86 valence electrons. The van der Waals surface area contributed by atoms with Gasteiger partial charge in [0.25, 0.3) is 0 Å². The maximum atomic E-state index is 5.56. The van der Waals surface area contributed by atoms with E-state index in [1.165, 1.54) is 0 Å². The second kappa shape index (κ2) is 4.80. The van der Waals surface area contributed by atoms with Crippen molar-refractivity contribution in [2.24, 2.45) is 0 Å². The third kappa shape index (κ3) is 2.71. The quantitative estimate of drug-likeness (QED) is 0.885. The van der Waals surface area contributed by atoms with Crippen LogP contribution in [0, 0.1) is 13.8 Å². The molecule has 2 rings (SSSR count). The van der Waals surface area contributed by atoms with Gasteiger partial charge in [-0.2, -0.15) is 0 Å². The average Bonchev–Trinajstić information content (AvgIpc) is 2.84. The summed E-state index contributed by atoms with van der Waals surface area (Å²) in [6.45, 7) is 6.86. The second-order valence-corrected chi connectivity index (χ2v) is 4.88. The molecule has 0 aliphatic rings. The van der Waals surface area contributed by atoms with E-state index in [4.69, 9.17) is 4.42 Å². The molecule has 0 aliphatic heterocycles. The molecule has 2 aromatic heterocycles. The summed E-state index contributed by atoms with van der Waals surface area (Å²) in [5, 5.41) is 6.58. The molecule has 1 atom stereocenters. The van der Waals surface area contributed by atoms with Gasteiger partial charge >= 0.3 is 0 Å². The first-order valence-corrected chi connectivity index (χ1v) is 6.24. The van der Waals surface area contributed by atoms with E-state index >= 15 is 0 Å². The van der Waals surface area contributed by atoms with Crippen molar-refractivity contribution in [1.82, 2.24) is 10.3 Å². The van der Waals surface area contributed by atoms with Gasteiger partial charge in [0.15, 0.2) is 0 Å². The second-order valence-electron chi connectivity index (χ2n) is 3.93. The summed E-state index contributed by atoms with van der Waals surface area (Å²) in [4.78, 5) is 4.41. The monoisotopic (exact) mass is 236 g/mol. The van der Waals surface area contributed by atoms with Crippen LogP contribution in [0.4, 0.5) is 0 Å². The Labute approximate surface area is 99.5 Å². The lowest BCUT2D eigenvalue weighted by Gasteiger charge is -2.09. The summed E-state index contributed by atoms with van der Waals surface area (Å²) < 4.78 is 5.56. The van der Waals surface area contributed by atoms with Crippen LogP contribution in [-0.2, 0) is 6.54 Å². The topological polar surface area (TPSA) is 38.1 Å². The number of furan rings is 1. The van der Waals surface area contributed by atoms with E-state index in [-0.39, 0.29) is 6.04 Å². The van der Waals surface area contributed by atoms with Gasteiger partial charge in [-0.15, -0.1) is 11.3 Å². The molecule has 16 heavy (non-hydrogen) atoms. The van der Waals surface area contributed by atoms with Gasteiger partial charge < -0.3 is 9.73 Å². The Kier molecular flexibility index (Phi) is 3.41. The standard InChI is InChI=1S/C12H16N2OS/c1-8-7-16-12(14-8)6-13-10(3)11-5-4-9(2)15-11/h4-5,7,10,13H,6H2,1-3H3. The van der Waals surface area contributed by atoms with Gasteiger partial charge in [-0.25, -0.2) is 4.98 Å². The average molecular weight is 236 g/mol. The van der Waals surface area contributed by atoms with Crippen LogP contribution < -0.4 is 5.32 Å². The fraction of sp³-hybridized carbons (Fsp3) is 0.417. The van der Waals surface area contributed by atoms with Gasteiger partial charge in [0.2, 0.25) is 0 Å². The van der Waals surface area contributed by atoms with Crippen LogP contribution in [0.15, 0.2) is 21.9 Å². The zero-order chi connectivity index (χ0) is 11.5. The van der Waals surface area contributed by atoms with Crippen LogP contribution >= 0.6 is 11.3 Å². The minimum absolute atomic E-state index is 0.220. The fourth-order valence-electron chi connectivity index (χ4n) is 1.51. The highest BCUT2D eigenvalue weighted by Gasteiger charge is 2.09. The minimum atomic E-state index is 0.220. The molecule has 0 bridgehead atoms. The molecule has 0 fully saturated rings. The Morgan fingerprint density at radius 2 is 2.25 bits per heavy atom. The van der Waals surface area contributed by atoms with E-state index in [9.17, 15) is 0 Å². The molecule has 0 saturated heterocycles. The Morgan fingerprint density at radius 1 is 1.44 bits per heavy atom. The van der Waals surface area contributed by atoms with Gasteiger partial charge in [0.05, 0.1) is 6.04 Å². The largest absolute Gasteiger partial charge is 0.465 e. The van der Waals surface area contributed by atoms with Crippen molar-refractivity contribution in [1.29, 1.82) is 0 Å². The van der Waals surface area contributed by atoms with E-state index < -0.39 is 0 Å². The van der Waals surface area contributed by atoms with E-state index in [0.717, 1.165) is 28.8 Å². The lowest BCUT2D eigenvalue weighted by atomic mass is 10.2. The van der Waals surface area contributed by atoms with Crippen molar-refractivity contribution < 1.29 is 4.42 Å². The number of nitrogens with zero attached hydrogens (tertiary/aromatic N) is 1. The molecular formula is C12H16N2OS. The van der Waals surface area contributed by atoms with Gasteiger partial charge in [-0.1, -0.05) is 0 Å². The molecule has 2 aromatic rings.